The summed E-state index contributed by atoms with van der Waals surface area (Å²) in [4.78, 5) is 27.8. The van der Waals surface area contributed by atoms with Gasteiger partial charge in [-0.2, -0.15) is 11.8 Å². The third-order valence-corrected chi connectivity index (χ3v) is 4.99. The molecule has 1 aliphatic heterocycles. The SMILES string of the molecule is CCCC1(C(C)SCC(C)C)C(=O)N=C([O-])NC1=O.[Na+]. The molecule has 1 aliphatic rings. The van der Waals surface area contributed by atoms with Crippen LogP contribution in [0.1, 0.15) is 40.5 Å². The van der Waals surface area contributed by atoms with Gasteiger partial charge in [0.2, 0.25) is 5.91 Å². The molecule has 0 radical (unpaired) electrons. The van der Waals surface area contributed by atoms with Gasteiger partial charge in [-0.1, -0.05) is 34.1 Å². The fourth-order valence-electron chi connectivity index (χ4n) is 2.18. The number of nitrogens with one attached hydrogen (secondary N) is 1. The summed E-state index contributed by atoms with van der Waals surface area (Å²) in [5.74, 6) is 0.252. The maximum atomic E-state index is 12.2. The number of rotatable bonds is 6. The molecule has 108 valence electrons. The molecule has 0 saturated heterocycles. The van der Waals surface area contributed by atoms with Crippen molar-refractivity contribution in [1.82, 2.24) is 5.32 Å². The number of amides is 2. The first-order valence-electron chi connectivity index (χ1n) is 6.57. The van der Waals surface area contributed by atoms with Crippen LogP contribution in [0, 0.1) is 11.3 Å². The van der Waals surface area contributed by atoms with Crippen LogP contribution in [0.15, 0.2) is 4.99 Å². The van der Waals surface area contributed by atoms with E-state index in [9.17, 15) is 14.7 Å². The monoisotopic (exact) mass is 308 g/mol. The van der Waals surface area contributed by atoms with Gasteiger partial charge in [0, 0.05) is 5.25 Å². The van der Waals surface area contributed by atoms with Crippen LogP contribution in [0.5, 0.6) is 0 Å². The number of hydrogen-bond acceptors (Lipinski definition) is 4. The minimum atomic E-state index is -1.19. The third kappa shape index (κ3) is 4.23. The second-order valence-corrected chi connectivity index (χ2v) is 6.64. The molecule has 5 nitrogen and oxygen atoms in total. The number of amidine groups is 1. The molecule has 1 rings (SSSR count). The van der Waals surface area contributed by atoms with Crippen molar-refractivity contribution in [2.75, 3.05) is 5.75 Å². The van der Waals surface area contributed by atoms with Crippen molar-refractivity contribution in [1.29, 1.82) is 0 Å². The summed E-state index contributed by atoms with van der Waals surface area (Å²) in [6, 6.07) is -0.845. The molecule has 2 atom stereocenters. The summed E-state index contributed by atoms with van der Waals surface area (Å²) < 4.78 is 0. The second kappa shape index (κ2) is 8.41. The predicted molar refractivity (Wildman–Crippen MR) is 74.7 cm³/mol. The van der Waals surface area contributed by atoms with Crippen LogP contribution in [-0.4, -0.2) is 28.8 Å². The van der Waals surface area contributed by atoms with E-state index in [1.807, 2.05) is 13.8 Å². The average molecular weight is 308 g/mol. The van der Waals surface area contributed by atoms with Gasteiger partial charge in [-0.05, 0) is 18.1 Å². The van der Waals surface area contributed by atoms with Crippen molar-refractivity contribution in [3.05, 3.63) is 0 Å². The fourth-order valence-corrected chi connectivity index (χ4v) is 3.47. The van der Waals surface area contributed by atoms with Crippen LogP contribution in [0.4, 0.5) is 0 Å². The van der Waals surface area contributed by atoms with Crippen LogP contribution < -0.4 is 40.0 Å². The maximum Gasteiger partial charge on any atom is 1.00 e. The summed E-state index contributed by atoms with van der Waals surface area (Å²) >= 11 is 1.59. The summed E-state index contributed by atoms with van der Waals surface area (Å²) in [5, 5.41) is 13.1. The predicted octanol–water partition coefficient (Wildman–Crippen LogP) is -2.07. The van der Waals surface area contributed by atoms with Gasteiger partial charge in [0.15, 0.2) is 0 Å². The van der Waals surface area contributed by atoms with Gasteiger partial charge >= 0.3 is 29.6 Å². The van der Waals surface area contributed by atoms with Crippen LogP contribution in [0.2, 0.25) is 0 Å². The van der Waals surface area contributed by atoms with Gasteiger partial charge in [-0.3, -0.25) is 9.59 Å². The Morgan fingerprint density at radius 1 is 1.35 bits per heavy atom. The largest absolute Gasteiger partial charge is 1.00 e. The normalized spacial score (nSPS) is 23.9. The standard InChI is InChI=1S/C13H22N2O3S.Na/c1-5-6-13(9(4)19-7-8(2)3)10(16)14-12(18)15-11(13)17;/h8-9H,5-7H2,1-4H3,(H2,14,15,16,17,18);/q;+1/p-1. The quantitative estimate of drug-likeness (QED) is 0.451. The van der Waals surface area contributed by atoms with Gasteiger partial charge in [0.1, 0.15) is 5.41 Å². The number of carbonyl (C=O) groups excluding carboxylic acids is 2. The van der Waals surface area contributed by atoms with Crippen molar-refractivity contribution in [3.63, 3.8) is 0 Å². The molecule has 2 amide bonds. The molecule has 0 aromatic rings. The average Bonchev–Trinajstić information content (AvgIpc) is 2.30. The minimum absolute atomic E-state index is 0. The molecule has 0 aliphatic carbocycles. The van der Waals surface area contributed by atoms with Gasteiger partial charge < -0.3 is 10.4 Å². The zero-order valence-electron chi connectivity index (χ0n) is 12.9. The van der Waals surface area contributed by atoms with E-state index in [0.29, 0.717) is 18.8 Å². The molecule has 0 aromatic carbocycles. The van der Waals surface area contributed by atoms with E-state index in [2.05, 4.69) is 24.2 Å². The van der Waals surface area contributed by atoms with Crippen molar-refractivity contribution in [2.45, 2.75) is 45.8 Å². The molecular weight excluding hydrogens is 287 g/mol. The number of aliphatic imine (C=N–C) groups is 1. The van der Waals surface area contributed by atoms with Gasteiger partial charge in [0.25, 0.3) is 5.91 Å². The van der Waals surface area contributed by atoms with E-state index in [-0.39, 0.29) is 34.8 Å². The first-order chi connectivity index (χ1) is 8.84. The second-order valence-electron chi connectivity index (χ2n) is 5.27. The molecule has 20 heavy (non-hydrogen) atoms. The Morgan fingerprint density at radius 3 is 2.40 bits per heavy atom. The van der Waals surface area contributed by atoms with Gasteiger partial charge in [0.05, 0.1) is 6.02 Å². The number of carbonyl (C=O) groups is 2. The van der Waals surface area contributed by atoms with Crippen LogP contribution in [0.3, 0.4) is 0 Å². The van der Waals surface area contributed by atoms with Gasteiger partial charge in [-0.15, -0.1) is 0 Å². The van der Waals surface area contributed by atoms with Crippen LogP contribution in [0.25, 0.3) is 0 Å². The van der Waals surface area contributed by atoms with Crippen molar-refractivity contribution in [3.8, 4) is 0 Å². The molecule has 0 spiro atoms. The summed E-state index contributed by atoms with van der Waals surface area (Å²) in [7, 11) is 0. The smallest absolute Gasteiger partial charge is 0.846 e. The zero-order chi connectivity index (χ0) is 14.6. The first-order valence-corrected chi connectivity index (χ1v) is 7.62. The number of thioether (sulfide) groups is 1. The zero-order valence-corrected chi connectivity index (χ0v) is 15.7. The number of hydrogen-bond donors (Lipinski definition) is 1. The van der Waals surface area contributed by atoms with E-state index in [1.165, 1.54) is 0 Å². The molecule has 0 aromatic heterocycles. The molecule has 0 fully saturated rings. The molecule has 2 unspecified atom stereocenters. The minimum Gasteiger partial charge on any atom is -0.846 e. The Hall–Kier alpha value is -0.0400. The summed E-state index contributed by atoms with van der Waals surface area (Å²) in [6.07, 6.45) is 1.11. The van der Waals surface area contributed by atoms with E-state index in [0.717, 1.165) is 5.75 Å². The molecule has 1 heterocycles. The Bertz CT molecular complexity index is 401. The Morgan fingerprint density at radius 2 is 1.95 bits per heavy atom. The van der Waals surface area contributed by atoms with E-state index in [4.69, 9.17) is 0 Å². The molecular formula is C13H21N2NaO3S. The van der Waals surface area contributed by atoms with Crippen molar-refractivity contribution >= 4 is 29.6 Å². The number of nitrogens with zero attached hydrogens (tertiary/aromatic N) is 1. The summed E-state index contributed by atoms with van der Waals surface area (Å²) in [6.45, 7) is 7.95. The Labute approximate surface area is 146 Å². The molecule has 0 saturated carbocycles. The van der Waals surface area contributed by atoms with Crippen LogP contribution in [-0.2, 0) is 9.59 Å². The van der Waals surface area contributed by atoms with Gasteiger partial charge in [-0.25, -0.2) is 4.99 Å². The Kier molecular flexibility index (Phi) is 8.40. The molecule has 1 N–H and O–H groups in total. The van der Waals surface area contributed by atoms with E-state index in [1.54, 1.807) is 11.8 Å². The van der Waals surface area contributed by atoms with E-state index >= 15 is 0 Å². The molecule has 7 heteroatoms. The molecule has 0 bridgehead atoms. The fraction of sp³-hybridized carbons (Fsp3) is 0.769. The Balaban J connectivity index is 0.00000361. The maximum absolute atomic E-state index is 12.2. The van der Waals surface area contributed by atoms with Crippen molar-refractivity contribution in [2.24, 2.45) is 16.3 Å². The van der Waals surface area contributed by atoms with Crippen LogP contribution >= 0.6 is 11.8 Å². The van der Waals surface area contributed by atoms with Crippen molar-refractivity contribution < 1.29 is 44.3 Å². The van der Waals surface area contributed by atoms with E-state index < -0.39 is 23.3 Å². The third-order valence-electron chi connectivity index (χ3n) is 3.23. The first kappa shape index (κ1) is 20.0. The topological polar surface area (TPSA) is 81.6 Å². The summed E-state index contributed by atoms with van der Waals surface area (Å²) in [5.41, 5.74) is -1.19.